The van der Waals surface area contributed by atoms with Crippen molar-refractivity contribution < 1.29 is 14.9 Å². The monoisotopic (exact) mass is 208 g/mol. The van der Waals surface area contributed by atoms with Gasteiger partial charge in [-0.2, -0.15) is 0 Å². The van der Waals surface area contributed by atoms with Crippen molar-refractivity contribution in [3.8, 4) is 5.75 Å². The van der Waals surface area contributed by atoms with E-state index in [1.54, 1.807) is 6.07 Å². The summed E-state index contributed by atoms with van der Waals surface area (Å²) >= 11 is 0. The van der Waals surface area contributed by atoms with Crippen molar-refractivity contribution >= 4 is 0 Å². The van der Waals surface area contributed by atoms with Crippen molar-refractivity contribution in [2.24, 2.45) is 0 Å². The molecule has 3 nitrogen and oxygen atoms in total. The van der Waals surface area contributed by atoms with E-state index < -0.39 is 6.29 Å². The molecule has 0 amide bonds. The molecule has 2 N–H and O–H groups in total. The molecule has 0 aliphatic carbocycles. The quantitative estimate of drug-likeness (QED) is 0.744. The lowest BCUT2D eigenvalue weighted by molar-refractivity contribution is -0.0425. The zero-order chi connectivity index (χ0) is 10.8. The van der Waals surface area contributed by atoms with E-state index in [9.17, 15) is 0 Å². The highest BCUT2D eigenvalue weighted by molar-refractivity contribution is 5.40. The Morgan fingerprint density at radius 2 is 2.27 bits per heavy atom. The van der Waals surface area contributed by atoms with E-state index >= 15 is 0 Å². The van der Waals surface area contributed by atoms with Gasteiger partial charge in [-0.15, -0.1) is 0 Å². The van der Waals surface area contributed by atoms with Gasteiger partial charge >= 0.3 is 0 Å². The predicted octanol–water partition coefficient (Wildman–Crippen LogP) is 1.77. The summed E-state index contributed by atoms with van der Waals surface area (Å²) < 4.78 is 5.72. The van der Waals surface area contributed by atoms with Crippen molar-refractivity contribution in [3.05, 3.63) is 29.3 Å². The maximum absolute atomic E-state index is 9.04. The number of hydrogen-bond acceptors (Lipinski definition) is 3. The van der Waals surface area contributed by atoms with Gasteiger partial charge in [0.25, 0.3) is 0 Å². The van der Waals surface area contributed by atoms with Crippen LogP contribution in [0, 0.1) is 0 Å². The van der Waals surface area contributed by atoms with Gasteiger partial charge in [-0.3, -0.25) is 0 Å². The van der Waals surface area contributed by atoms with Crippen LogP contribution in [0.1, 0.15) is 37.2 Å². The molecule has 0 bridgehead atoms. The van der Waals surface area contributed by atoms with Gasteiger partial charge in [0.2, 0.25) is 0 Å². The molecule has 1 heterocycles. The number of rotatable bonds is 3. The highest BCUT2D eigenvalue weighted by atomic mass is 16.5. The minimum Gasteiger partial charge on any atom is -0.490 e. The molecule has 82 valence electrons. The summed E-state index contributed by atoms with van der Waals surface area (Å²) in [4.78, 5) is 0. The molecular weight excluding hydrogens is 192 g/mol. The zero-order valence-electron chi connectivity index (χ0n) is 8.81. The second-order valence-electron chi connectivity index (χ2n) is 3.97. The van der Waals surface area contributed by atoms with Crippen molar-refractivity contribution in [1.29, 1.82) is 0 Å². The van der Waals surface area contributed by atoms with Gasteiger partial charge in [-0.1, -0.05) is 19.4 Å². The number of aliphatic hydroxyl groups is 2. The van der Waals surface area contributed by atoms with Crippen LogP contribution in [0.2, 0.25) is 0 Å². The Bertz CT molecular complexity index is 347. The lowest BCUT2D eigenvalue weighted by Gasteiger charge is -2.08. The van der Waals surface area contributed by atoms with Gasteiger partial charge in [-0.25, -0.2) is 0 Å². The summed E-state index contributed by atoms with van der Waals surface area (Å²) in [6, 6.07) is 5.33. The fraction of sp³-hybridized carbons (Fsp3) is 0.500. The van der Waals surface area contributed by atoms with Crippen LogP contribution in [0.15, 0.2) is 18.2 Å². The first-order chi connectivity index (χ1) is 7.20. The third kappa shape index (κ3) is 2.13. The first-order valence-electron chi connectivity index (χ1n) is 5.36. The Morgan fingerprint density at radius 3 is 2.93 bits per heavy atom. The van der Waals surface area contributed by atoms with Gasteiger partial charge in [0, 0.05) is 12.0 Å². The van der Waals surface area contributed by atoms with E-state index in [0.717, 1.165) is 30.6 Å². The normalized spacial score (nSPS) is 19.1. The lowest BCUT2D eigenvalue weighted by Crippen LogP contribution is -2.11. The molecule has 0 spiro atoms. The van der Waals surface area contributed by atoms with E-state index in [0.29, 0.717) is 5.56 Å². The Labute approximate surface area is 89.3 Å². The third-order valence-electron chi connectivity index (χ3n) is 2.73. The number of benzene rings is 1. The fourth-order valence-electron chi connectivity index (χ4n) is 1.98. The summed E-state index contributed by atoms with van der Waals surface area (Å²) in [6.07, 6.45) is 1.90. The smallest absolute Gasteiger partial charge is 0.178 e. The Kier molecular flexibility index (Phi) is 2.93. The molecule has 0 saturated heterocycles. The molecule has 0 saturated carbocycles. The van der Waals surface area contributed by atoms with Gasteiger partial charge in [0.05, 0.1) is 0 Å². The minimum atomic E-state index is -1.39. The largest absolute Gasteiger partial charge is 0.490 e. The standard InChI is InChI=1S/C12H16O3/c1-2-3-10-7-9-6-8(12(13)14)4-5-11(9)15-10/h4-6,10,12-14H,2-3,7H2,1H3. The highest BCUT2D eigenvalue weighted by Gasteiger charge is 2.22. The zero-order valence-corrected chi connectivity index (χ0v) is 8.81. The fourth-order valence-corrected chi connectivity index (χ4v) is 1.98. The molecule has 1 aromatic rings. The van der Waals surface area contributed by atoms with E-state index in [1.807, 2.05) is 12.1 Å². The summed E-state index contributed by atoms with van der Waals surface area (Å²) in [7, 11) is 0. The van der Waals surface area contributed by atoms with Gasteiger partial charge in [-0.05, 0) is 24.1 Å². The van der Waals surface area contributed by atoms with E-state index in [1.165, 1.54) is 0 Å². The van der Waals surface area contributed by atoms with Crippen LogP contribution in [0.3, 0.4) is 0 Å². The minimum absolute atomic E-state index is 0.260. The van der Waals surface area contributed by atoms with Gasteiger partial charge in [0.1, 0.15) is 11.9 Å². The first kappa shape index (κ1) is 10.5. The van der Waals surface area contributed by atoms with Crippen LogP contribution in [-0.2, 0) is 6.42 Å². The van der Waals surface area contributed by atoms with E-state index in [2.05, 4.69) is 6.92 Å². The van der Waals surface area contributed by atoms with Crippen LogP contribution in [-0.4, -0.2) is 16.3 Å². The predicted molar refractivity (Wildman–Crippen MR) is 56.6 cm³/mol. The average Bonchev–Trinajstić information content (AvgIpc) is 2.59. The summed E-state index contributed by atoms with van der Waals surface area (Å²) in [5.41, 5.74) is 1.62. The molecule has 3 heteroatoms. The van der Waals surface area contributed by atoms with Crippen molar-refractivity contribution in [3.63, 3.8) is 0 Å². The van der Waals surface area contributed by atoms with Crippen LogP contribution in [0.4, 0.5) is 0 Å². The molecular formula is C12H16O3. The van der Waals surface area contributed by atoms with Crippen molar-refractivity contribution in [2.45, 2.75) is 38.6 Å². The molecule has 15 heavy (non-hydrogen) atoms. The summed E-state index contributed by atoms with van der Waals surface area (Å²) in [5.74, 6) is 0.887. The van der Waals surface area contributed by atoms with Gasteiger partial charge < -0.3 is 14.9 Å². The molecule has 0 fully saturated rings. The molecule has 1 aliphatic heterocycles. The molecule has 1 aromatic carbocycles. The van der Waals surface area contributed by atoms with Crippen molar-refractivity contribution in [1.82, 2.24) is 0 Å². The second kappa shape index (κ2) is 4.21. The maximum Gasteiger partial charge on any atom is 0.178 e. The number of aliphatic hydroxyl groups excluding tert-OH is 1. The highest BCUT2D eigenvalue weighted by Crippen LogP contribution is 2.32. The molecule has 0 aromatic heterocycles. The Balaban J connectivity index is 2.16. The molecule has 1 aliphatic rings. The lowest BCUT2D eigenvalue weighted by atomic mass is 10.0. The average molecular weight is 208 g/mol. The number of fused-ring (bicyclic) bond motifs is 1. The number of hydrogen-bond donors (Lipinski definition) is 2. The van der Waals surface area contributed by atoms with E-state index in [-0.39, 0.29) is 6.10 Å². The van der Waals surface area contributed by atoms with Crippen LogP contribution < -0.4 is 4.74 Å². The molecule has 1 unspecified atom stereocenters. The van der Waals surface area contributed by atoms with Crippen LogP contribution >= 0.6 is 0 Å². The summed E-state index contributed by atoms with van der Waals surface area (Å²) in [6.45, 7) is 2.13. The second-order valence-corrected chi connectivity index (χ2v) is 3.97. The van der Waals surface area contributed by atoms with Gasteiger partial charge in [0.15, 0.2) is 6.29 Å². The van der Waals surface area contributed by atoms with E-state index in [4.69, 9.17) is 14.9 Å². The SMILES string of the molecule is CCCC1Cc2cc(C(O)O)ccc2O1. The summed E-state index contributed by atoms with van der Waals surface area (Å²) in [5, 5.41) is 18.1. The molecule has 2 rings (SSSR count). The molecule has 0 radical (unpaired) electrons. The van der Waals surface area contributed by atoms with Crippen LogP contribution in [0.5, 0.6) is 5.75 Å². The third-order valence-corrected chi connectivity index (χ3v) is 2.73. The first-order valence-corrected chi connectivity index (χ1v) is 5.36. The Hall–Kier alpha value is -1.06. The topological polar surface area (TPSA) is 49.7 Å². The van der Waals surface area contributed by atoms with Crippen LogP contribution in [0.25, 0.3) is 0 Å². The van der Waals surface area contributed by atoms with Crippen molar-refractivity contribution in [2.75, 3.05) is 0 Å². The maximum atomic E-state index is 9.04. The Morgan fingerprint density at radius 1 is 1.47 bits per heavy atom. The number of ether oxygens (including phenoxy) is 1. The molecule has 1 atom stereocenters.